The van der Waals surface area contributed by atoms with Crippen LogP contribution in [-0.4, -0.2) is 43.1 Å². The number of hydrogen-bond donors (Lipinski definition) is 2. The van der Waals surface area contributed by atoms with Crippen molar-refractivity contribution >= 4 is 17.6 Å². The van der Waals surface area contributed by atoms with E-state index in [0.717, 1.165) is 19.3 Å². The first kappa shape index (κ1) is 19.5. The molecule has 0 spiro atoms. The summed E-state index contributed by atoms with van der Waals surface area (Å²) >= 11 is 0. The average Bonchev–Trinajstić information content (AvgIpc) is 2.70. The van der Waals surface area contributed by atoms with Gasteiger partial charge in [-0.3, -0.25) is 4.79 Å². The molecule has 3 amide bonds. The number of rotatable bonds is 4. The number of piperidine rings is 1. The molecule has 2 fully saturated rings. The lowest BCUT2D eigenvalue weighted by molar-refractivity contribution is -0.127. The van der Waals surface area contributed by atoms with Gasteiger partial charge in [-0.15, -0.1) is 0 Å². The third-order valence-electron chi connectivity index (χ3n) is 5.84. The van der Waals surface area contributed by atoms with Gasteiger partial charge in [0.2, 0.25) is 5.91 Å². The topological polar surface area (TPSA) is 70.7 Å². The molecule has 1 aromatic carbocycles. The van der Waals surface area contributed by atoms with Crippen LogP contribution in [0.4, 0.5) is 10.5 Å². The molecular formula is C21H31N3O3. The van der Waals surface area contributed by atoms with E-state index >= 15 is 0 Å². The maximum absolute atomic E-state index is 12.7. The van der Waals surface area contributed by atoms with Crippen molar-refractivity contribution in [3.05, 3.63) is 24.3 Å². The number of urea groups is 1. The van der Waals surface area contributed by atoms with Crippen LogP contribution in [0.3, 0.4) is 0 Å². The van der Waals surface area contributed by atoms with Crippen LogP contribution < -0.4 is 15.4 Å². The van der Waals surface area contributed by atoms with E-state index in [9.17, 15) is 9.59 Å². The fourth-order valence-electron chi connectivity index (χ4n) is 4.11. The van der Waals surface area contributed by atoms with Crippen molar-refractivity contribution in [2.75, 3.05) is 25.5 Å². The number of benzene rings is 1. The summed E-state index contributed by atoms with van der Waals surface area (Å²) in [6.45, 7) is 3.38. The number of nitrogens with one attached hydrogen (secondary N) is 2. The molecule has 1 saturated heterocycles. The molecule has 6 nitrogen and oxygen atoms in total. The van der Waals surface area contributed by atoms with Crippen molar-refractivity contribution in [1.82, 2.24) is 10.2 Å². The lowest BCUT2D eigenvalue weighted by atomic mass is 9.85. The highest BCUT2D eigenvalue weighted by Gasteiger charge is 2.31. The molecule has 0 unspecified atom stereocenters. The van der Waals surface area contributed by atoms with Crippen molar-refractivity contribution in [2.24, 2.45) is 11.8 Å². The summed E-state index contributed by atoms with van der Waals surface area (Å²) < 4.78 is 5.19. The fraction of sp³-hybridized carbons (Fsp3) is 0.619. The molecule has 3 rings (SSSR count). The first-order chi connectivity index (χ1) is 13.1. The molecule has 148 valence electrons. The van der Waals surface area contributed by atoms with Crippen molar-refractivity contribution in [3.63, 3.8) is 0 Å². The van der Waals surface area contributed by atoms with Gasteiger partial charge in [0.05, 0.1) is 13.0 Å². The van der Waals surface area contributed by atoms with Gasteiger partial charge in [-0.25, -0.2) is 4.79 Å². The first-order valence-electron chi connectivity index (χ1n) is 10.1. The monoisotopic (exact) mass is 373 g/mol. The van der Waals surface area contributed by atoms with Crippen LogP contribution >= 0.6 is 0 Å². The third-order valence-corrected chi connectivity index (χ3v) is 5.84. The normalized spacial score (nSPS) is 25.6. The number of ether oxygens (including phenoxy) is 1. The van der Waals surface area contributed by atoms with Gasteiger partial charge in [0.15, 0.2) is 0 Å². The zero-order chi connectivity index (χ0) is 19.2. The highest BCUT2D eigenvalue weighted by molar-refractivity contribution is 5.90. The fourth-order valence-corrected chi connectivity index (χ4v) is 4.11. The standard InChI is InChI=1S/C21H31N3O3/c1-15-7-3-4-11-19(15)23-20(25)16-8-6-12-24(14-16)21(26)22-17-9-5-10-18(13-17)27-2/h5,9-10,13,15-16,19H,3-4,6-8,11-12,14H2,1-2H3,(H,22,26)(H,23,25)/t15-,16+,19-/m1/s1. The van der Waals surface area contributed by atoms with Crippen LogP contribution in [0.15, 0.2) is 24.3 Å². The molecule has 2 N–H and O–H groups in total. The largest absolute Gasteiger partial charge is 0.497 e. The Morgan fingerprint density at radius 1 is 1.15 bits per heavy atom. The van der Waals surface area contributed by atoms with Gasteiger partial charge < -0.3 is 20.3 Å². The van der Waals surface area contributed by atoms with Gasteiger partial charge in [0.1, 0.15) is 5.75 Å². The number of carbonyl (C=O) groups is 2. The number of likely N-dealkylation sites (tertiary alicyclic amines) is 1. The van der Waals surface area contributed by atoms with E-state index in [0.29, 0.717) is 30.4 Å². The summed E-state index contributed by atoms with van der Waals surface area (Å²) in [6.07, 6.45) is 6.40. The first-order valence-corrected chi connectivity index (χ1v) is 10.1. The van der Waals surface area contributed by atoms with E-state index in [1.54, 1.807) is 18.1 Å². The predicted molar refractivity (Wildman–Crippen MR) is 106 cm³/mol. The van der Waals surface area contributed by atoms with Gasteiger partial charge in [0.25, 0.3) is 0 Å². The zero-order valence-electron chi connectivity index (χ0n) is 16.4. The minimum Gasteiger partial charge on any atom is -0.497 e. The maximum atomic E-state index is 12.7. The zero-order valence-corrected chi connectivity index (χ0v) is 16.4. The molecule has 27 heavy (non-hydrogen) atoms. The number of nitrogens with zero attached hydrogens (tertiary/aromatic N) is 1. The molecule has 1 aliphatic carbocycles. The second-order valence-corrected chi connectivity index (χ2v) is 7.82. The Kier molecular flexibility index (Phi) is 6.58. The highest BCUT2D eigenvalue weighted by atomic mass is 16.5. The van der Waals surface area contributed by atoms with Crippen LogP contribution in [0.2, 0.25) is 0 Å². The van der Waals surface area contributed by atoms with Gasteiger partial charge >= 0.3 is 6.03 Å². The van der Waals surface area contributed by atoms with Gasteiger partial charge in [-0.05, 0) is 43.7 Å². The summed E-state index contributed by atoms with van der Waals surface area (Å²) in [5.41, 5.74) is 0.696. The summed E-state index contributed by atoms with van der Waals surface area (Å²) in [5, 5.41) is 6.16. The number of carbonyl (C=O) groups excluding carboxylic acids is 2. The maximum Gasteiger partial charge on any atom is 0.321 e. The van der Waals surface area contributed by atoms with Gasteiger partial charge in [-0.2, -0.15) is 0 Å². The lowest BCUT2D eigenvalue weighted by Gasteiger charge is -2.35. The summed E-state index contributed by atoms with van der Waals surface area (Å²) in [7, 11) is 1.60. The molecule has 0 aromatic heterocycles. The Morgan fingerprint density at radius 2 is 1.96 bits per heavy atom. The average molecular weight is 373 g/mol. The number of amides is 3. The minimum atomic E-state index is -0.160. The minimum absolute atomic E-state index is 0.104. The Labute approximate surface area is 161 Å². The van der Waals surface area contributed by atoms with E-state index in [-0.39, 0.29) is 23.9 Å². The van der Waals surface area contributed by atoms with Crippen LogP contribution in [0.5, 0.6) is 5.75 Å². The van der Waals surface area contributed by atoms with Crippen LogP contribution in [0.25, 0.3) is 0 Å². The van der Waals surface area contributed by atoms with E-state index < -0.39 is 0 Å². The Morgan fingerprint density at radius 3 is 2.74 bits per heavy atom. The molecule has 0 bridgehead atoms. The SMILES string of the molecule is COc1cccc(NC(=O)N2CCC[C@H](C(=O)N[C@@H]3CCCC[C@H]3C)C2)c1. The van der Waals surface area contributed by atoms with Gasteiger partial charge in [-0.1, -0.05) is 25.8 Å². The van der Waals surface area contributed by atoms with E-state index in [1.165, 1.54) is 19.3 Å². The van der Waals surface area contributed by atoms with Gasteiger partial charge in [0, 0.05) is 30.9 Å². The van der Waals surface area contributed by atoms with E-state index in [1.807, 2.05) is 18.2 Å². The molecule has 1 heterocycles. The highest BCUT2D eigenvalue weighted by Crippen LogP contribution is 2.25. The molecule has 2 aliphatic rings. The molecule has 6 heteroatoms. The Bertz CT molecular complexity index is 664. The predicted octanol–water partition coefficient (Wildman–Crippen LogP) is 3.63. The van der Waals surface area contributed by atoms with Crippen LogP contribution in [0, 0.1) is 11.8 Å². The molecule has 1 aromatic rings. The van der Waals surface area contributed by atoms with E-state index in [4.69, 9.17) is 4.74 Å². The molecule has 1 aliphatic heterocycles. The molecule has 0 radical (unpaired) electrons. The number of methoxy groups -OCH3 is 1. The van der Waals surface area contributed by atoms with Crippen molar-refractivity contribution < 1.29 is 14.3 Å². The lowest BCUT2D eigenvalue weighted by Crippen LogP contribution is -2.50. The Balaban J connectivity index is 1.54. The second kappa shape index (κ2) is 9.11. The summed E-state index contributed by atoms with van der Waals surface area (Å²) in [4.78, 5) is 27.1. The smallest absolute Gasteiger partial charge is 0.321 e. The molecule has 3 atom stereocenters. The number of anilines is 1. The van der Waals surface area contributed by atoms with Crippen molar-refractivity contribution in [2.45, 2.75) is 51.5 Å². The van der Waals surface area contributed by atoms with Crippen molar-refractivity contribution in [3.8, 4) is 5.75 Å². The van der Waals surface area contributed by atoms with E-state index in [2.05, 4.69) is 17.6 Å². The summed E-state index contributed by atoms with van der Waals surface area (Å²) in [5.74, 6) is 1.22. The third kappa shape index (κ3) is 5.15. The van der Waals surface area contributed by atoms with Crippen LogP contribution in [-0.2, 0) is 4.79 Å². The van der Waals surface area contributed by atoms with Crippen LogP contribution in [0.1, 0.15) is 45.4 Å². The molecule has 1 saturated carbocycles. The second-order valence-electron chi connectivity index (χ2n) is 7.82. The Hall–Kier alpha value is -2.24. The van der Waals surface area contributed by atoms with Crippen molar-refractivity contribution in [1.29, 1.82) is 0 Å². The quantitative estimate of drug-likeness (QED) is 0.847. The summed E-state index contributed by atoms with van der Waals surface area (Å²) in [6, 6.07) is 7.42. The molecular weight excluding hydrogens is 342 g/mol. The number of hydrogen-bond acceptors (Lipinski definition) is 3.